The van der Waals surface area contributed by atoms with Crippen molar-refractivity contribution in [1.29, 1.82) is 0 Å². The van der Waals surface area contributed by atoms with Gasteiger partial charge in [0.15, 0.2) is 0 Å². The van der Waals surface area contributed by atoms with Crippen LogP contribution >= 0.6 is 23.4 Å². The van der Waals surface area contributed by atoms with Gasteiger partial charge in [-0.3, -0.25) is 14.5 Å². The van der Waals surface area contributed by atoms with Crippen LogP contribution in [-0.4, -0.2) is 22.6 Å². The predicted molar refractivity (Wildman–Crippen MR) is 123 cm³/mol. The van der Waals surface area contributed by atoms with Crippen LogP contribution in [0.3, 0.4) is 0 Å². The van der Waals surface area contributed by atoms with Gasteiger partial charge in [-0.15, -0.1) is 0 Å². The Hall–Kier alpha value is -2.76. The minimum Gasteiger partial charge on any atom is -0.488 e. The van der Waals surface area contributed by atoms with Gasteiger partial charge in [-0.25, -0.2) is 0 Å². The Morgan fingerprint density at radius 2 is 1.80 bits per heavy atom. The zero-order valence-corrected chi connectivity index (χ0v) is 18.0. The van der Waals surface area contributed by atoms with Gasteiger partial charge in [-0.2, -0.15) is 0 Å². The fourth-order valence-corrected chi connectivity index (χ4v) is 4.31. The molecule has 2 amide bonds. The van der Waals surface area contributed by atoms with Gasteiger partial charge in [0.2, 0.25) is 0 Å². The molecule has 0 saturated carbocycles. The molecule has 1 aliphatic heterocycles. The highest BCUT2D eigenvalue weighted by molar-refractivity contribution is 8.18. The maximum Gasteiger partial charge on any atom is 0.293 e. The number of benzene rings is 3. The lowest BCUT2D eigenvalue weighted by molar-refractivity contribution is -0.122. The molecule has 152 valence electrons. The van der Waals surface area contributed by atoms with Crippen LogP contribution in [0.4, 0.5) is 4.79 Å². The normalized spacial score (nSPS) is 15.4. The molecule has 1 saturated heterocycles. The SMILES string of the molecule is CCCN1C(=O)S/C(=C/c2c(OCc3ccc(Cl)cc3)ccc3ccccc23)C1=O. The van der Waals surface area contributed by atoms with E-state index in [4.69, 9.17) is 16.3 Å². The van der Waals surface area contributed by atoms with E-state index >= 15 is 0 Å². The lowest BCUT2D eigenvalue weighted by Crippen LogP contribution is -2.28. The van der Waals surface area contributed by atoms with Crippen molar-refractivity contribution in [3.63, 3.8) is 0 Å². The highest BCUT2D eigenvalue weighted by atomic mass is 35.5. The molecule has 4 nitrogen and oxygen atoms in total. The number of ether oxygens (including phenoxy) is 1. The summed E-state index contributed by atoms with van der Waals surface area (Å²) in [6.07, 6.45) is 2.51. The highest BCUT2D eigenvalue weighted by Gasteiger charge is 2.34. The number of fused-ring (bicyclic) bond motifs is 1. The Labute approximate surface area is 184 Å². The van der Waals surface area contributed by atoms with Gasteiger partial charge < -0.3 is 4.74 Å². The molecule has 30 heavy (non-hydrogen) atoms. The summed E-state index contributed by atoms with van der Waals surface area (Å²) < 4.78 is 6.11. The second-order valence-corrected chi connectivity index (χ2v) is 8.38. The number of nitrogens with zero attached hydrogens (tertiary/aromatic N) is 1. The summed E-state index contributed by atoms with van der Waals surface area (Å²) in [6, 6.07) is 19.3. The van der Waals surface area contributed by atoms with Gasteiger partial charge >= 0.3 is 0 Å². The molecule has 3 aromatic rings. The summed E-state index contributed by atoms with van der Waals surface area (Å²) in [5.41, 5.74) is 1.78. The van der Waals surface area contributed by atoms with Crippen molar-refractivity contribution in [2.75, 3.05) is 6.54 Å². The Kier molecular flexibility index (Phi) is 6.11. The zero-order valence-electron chi connectivity index (χ0n) is 16.4. The summed E-state index contributed by atoms with van der Waals surface area (Å²) in [4.78, 5) is 26.7. The van der Waals surface area contributed by atoms with Crippen LogP contribution in [0.5, 0.6) is 5.75 Å². The first-order valence-corrected chi connectivity index (χ1v) is 10.9. The van der Waals surface area contributed by atoms with Crippen LogP contribution in [-0.2, 0) is 11.4 Å². The molecule has 4 rings (SSSR count). The highest BCUT2D eigenvalue weighted by Crippen LogP contribution is 2.37. The fourth-order valence-electron chi connectivity index (χ4n) is 3.34. The summed E-state index contributed by atoms with van der Waals surface area (Å²) in [5, 5.41) is 2.45. The third-order valence-electron chi connectivity index (χ3n) is 4.83. The van der Waals surface area contributed by atoms with E-state index in [1.807, 2.05) is 67.6 Å². The third-order valence-corrected chi connectivity index (χ3v) is 5.99. The number of hydrogen-bond donors (Lipinski definition) is 0. The van der Waals surface area contributed by atoms with E-state index in [-0.39, 0.29) is 11.1 Å². The van der Waals surface area contributed by atoms with Crippen LogP contribution in [0.2, 0.25) is 5.02 Å². The number of carbonyl (C=O) groups is 2. The summed E-state index contributed by atoms with van der Waals surface area (Å²) >= 11 is 6.94. The molecule has 0 radical (unpaired) electrons. The maximum atomic E-state index is 12.7. The first kappa shape index (κ1) is 20.5. The van der Waals surface area contributed by atoms with Crippen molar-refractivity contribution in [1.82, 2.24) is 4.90 Å². The van der Waals surface area contributed by atoms with Gasteiger partial charge in [-0.1, -0.05) is 61.0 Å². The van der Waals surface area contributed by atoms with Crippen LogP contribution in [0, 0.1) is 0 Å². The Bertz CT molecular complexity index is 1140. The monoisotopic (exact) mass is 437 g/mol. The Morgan fingerprint density at radius 3 is 2.57 bits per heavy atom. The molecule has 1 heterocycles. The van der Waals surface area contributed by atoms with Crippen molar-refractivity contribution in [3.8, 4) is 5.75 Å². The smallest absolute Gasteiger partial charge is 0.293 e. The van der Waals surface area contributed by atoms with Gasteiger partial charge in [0.1, 0.15) is 12.4 Å². The van der Waals surface area contributed by atoms with E-state index in [1.165, 1.54) is 4.90 Å². The van der Waals surface area contributed by atoms with Crippen LogP contribution in [0.15, 0.2) is 65.6 Å². The minimum atomic E-state index is -0.247. The van der Waals surface area contributed by atoms with Crippen LogP contribution in [0.1, 0.15) is 24.5 Å². The Balaban J connectivity index is 1.71. The third kappa shape index (κ3) is 4.23. The first-order valence-electron chi connectivity index (χ1n) is 9.71. The van der Waals surface area contributed by atoms with Gasteiger partial charge in [0.05, 0.1) is 4.91 Å². The quantitative estimate of drug-likeness (QED) is 0.412. The molecule has 0 spiro atoms. The van der Waals surface area contributed by atoms with Gasteiger partial charge in [0, 0.05) is 17.1 Å². The largest absolute Gasteiger partial charge is 0.488 e. The van der Waals surface area contributed by atoms with Crippen molar-refractivity contribution in [2.24, 2.45) is 0 Å². The van der Waals surface area contributed by atoms with Gasteiger partial charge in [0.25, 0.3) is 11.1 Å². The number of halogens is 1. The molecule has 0 N–H and O–H groups in total. The average Bonchev–Trinajstić information content (AvgIpc) is 3.02. The van der Waals surface area contributed by atoms with E-state index in [9.17, 15) is 9.59 Å². The number of rotatable bonds is 6. The molecule has 3 aromatic carbocycles. The average molecular weight is 438 g/mol. The number of amides is 2. The molecular formula is C24H20ClNO3S. The van der Waals surface area contributed by atoms with Crippen LogP contribution in [0.25, 0.3) is 16.8 Å². The fraction of sp³-hybridized carbons (Fsp3) is 0.167. The van der Waals surface area contributed by atoms with Crippen molar-refractivity contribution in [3.05, 3.63) is 81.7 Å². The lowest BCUT2D eigenvalue weighted by Gasteiger charge is -2.13. The number of hydrogen-bond acceptors (Lipinski definition) is 4. The first-order chi connectivity index (χ1) is 14.6. The van der Waals surface area contributed by atoms with E-state index in [0.717, 1.165) is 40.1 Å². The van der Waals surface area contributed by atoms with Crippen LogP contribution < -0.4 is 4.74 Å². The number of carbonyl (C=O) groups excluding carboxylic acids is 2. The molecule has 6 heteroatoms. The molecule has 1 fully saturated rings. The molecular weight excluding hydrogens is 418 g/mol. The zero-order chi connectivity index (χ0) is 21.1. The van der Waals surface area contributed by atoms with Crippen molar-refractivity contribution < 1.29 is 14.3 Å². The maximum absolute atomic E-state index is 12.7. The topological polar surface area (TPSA) is 46.6 Å². The summed E-state index contributed by atoms with van der Waals surface area (Å²) in [6.45, 7) is 2.74. The summed E-state index contributed by atoms with van der Waals surface area (Å²) in [5.74, 6) is 0.411. The second-order valence-electron chi connectivity index (χ2n) is 6.95. The molecule has 0 aromatic heterocycles. The molecule has 0 unspecified atom stereocenters. The van der Waals surface area contributed by atoms with E-state index < -0.39 is 0 Å². The second kappa shape index (κ2) is 8.94. The van der Waals surface area contributed by atoms with Crippen molar-refractivity contribution in [2.45, 2.75) is 20.0 Å². The van der Waals surface area contributed by atoms with Crippen molar-refractivity contribution >= 4 is 51.4 Å². The van der Waals surface area contributed by atoms with E-state index in [2.05, 4.69) is 0 Å². The predicted octanol–water partition coefficient (Wildman–Crippen LogP) is 6.52. The lowest BCUT2D eigenvalue weighted by atomic mass is 10.0. The van der Waals surface area contributed by atoms with Gasteiger partial charge in [-0.05, 0) is 58.8 Å². The Morgan fingerprint density at radius 1 is 1.03 bits per heavy atom. The standard InChI is InChI=1S/C24H20ClNO3S/c1-2-13-26-23(27)22(30-24(26)28)14-20-19-6-4-3-5-17(19)9-12-21(20)29-15-16-7-10-18(25)11-8-16/h3-12,14H,2,13,15H2,1H3/b22-14+. The molecule has 0 aliphatic carbocycles. The molecule has 0 atom stereocenters. The van der Waals surface area contributed by atoms with E-state index in [0.29, 0.717) is 28.8 Å². The molecule has 0 bridgehead atoms. The molecule has 1 aliphatic rings. The number of thioether (sulfide) groups is 1. The number of imide groups is 1. The minimum absolute atomic E-state index is 0.225. The van der Waals surface area contributed by atoms with E-state index in [1.54, 1.807) is 6.08 Å². The summed E-state index contributed by atoms with van der Waals surface area (Å²) in [7, 11) is 0.